The van der Waals surface area contributed by atoms with Gasteiger partial charge in [0.25, 0.3) is 0 Å². The maximum atomic E-state index is 12.1. The van der Waals surface area contributed by atoms with Gasteiger partial charge in [0.15, 0.2) is 0 Å². The number of rotatable bonds is 2. The molecule has 6 nitrogen and oxygen atoms in total. The Morgan fingerprint density at radius 3 is 2.74 bits per heavy atom. The molecule has 98 valence electrons. The van der Waals surface area contributed by atoms with Gasteiger partial charge < -0.3 is 4.98 Å². The van der Waals surface area contributed by atoms with Crippen molar-refractivity contribution in [3.63, 3.8) is 0 Å². The molecule has 0 aliphatic carbocycles. The average Bonchev–Trinajstić information content (AvgIpc) is 2.76. The van der Waals surface area contributed by atoms with Crippen LogP contribution in [0.3, 0.4) is 0 Å². The second kappa shape index (κ2) is 4.01. The fraction of sp³-hybridized carbons (Fsp3) is 0.167. The molecule has 1 aromatic carbocycles. The summed E-state index contributed by atoms with van der Waals surface area (Å²) in [5, 5.41) is 1.62. The van der Waals surface area contributed by atoms with E-state index in [1.807, 2.05) is 0 Å². The van der Waals surface area contributed by atoms with E-state index in [1.165, 1.54) is 24.7 Å². The van der Waals surface area contributed by atoms with Crippen LogP contribution in [-0.4, -0.2) is 41.8 Å². The van der Waals surface area contributed by atoms with Gasteiger partial charge in [-0.2, -0.15) is 0 Å². The third-order valence-electron chi connectivity index (χ3n) is 3.03. The molecule has 19 heavy (non-hydrogen) atoms. The van der Waals surface area contributed by atoms with Gasteiger partial charge in [0.05, 0.1) is 4.90 Å². The lowest BCUT2D eigenvalue weighted by Crippen LogP contribution is -2.22. The average molecular weight is 276 g/mol. The van der Waals surface area contributed by atoms with Gasteiger partial charge in [-0.05, 0) is 18.2 Å². The zero-order chi connectivity index (χ0) is 13.6. The van der Waals surface area contributed by atoms with Gasteiger partial charge >= 0.3 is 0 Å². The molecule has 0 amide bonds. The maximum absolute atomic E-state index is 12.1. The molecule has 7 heteroatoms. The quantitative estimate of drug-likeness (QED) is 0.766. The van der Waals surface area contributed by atoms with Crippen LogP contribution >= 0.6 is 0 Å². The first-order valence-corrected chi connectivity index (χ1v) is 7.08. The van der Waals surface area contributed by atoms with Crippen molar-refractivity contribution in [3.8, 4) is 0 Å². The molecule has 0 bridgehead atoms. The SMILES string of the molecule is CN(C)S(=O)(=O)c1ccc2[nH]c3ncncc3c2c1. The van der Waals surface area contributed by atoms with Crippen LogP contribution < -0.4 is 0 Å². The molecule has 0 fully saturated rings. The second-order valence-corrected chi connectivity index (χ2v) is 6.56. The van der Waals surface area contributed by atoms with Crippen LogP contribution in [0.1, 0.15) is 0 Å². The highest BCUT2D eigenvalue weighted by molar-refractivity contribution is 7.89. The molecule has 0 spiro atoms. The van der Waals surface area contributed by atoms with Crippen molar-refractivity contribution in [1.29, 1.82) is 0 Å². The van der Waals surface area contributed by atoms with E-state index >= 15 is 0 Å². The molecule has 0 aliphatic heterocycles. The number of H-pyrrole nitrogens is 1. The van der Waals surface area contributed by atoms with Crippen LogP contribution in [0.4, 0.5) is 0 Å². The topological polar surface area (TPSA) is 79.0 Å². The van der Waals surface area contributed by atoms with Crippen molar-refractivity contribution in [3.05, 3.63) is 30.7 Å². The van der Waals surface area contributed by atoms with E-state index < -0.39 is 10.0 Å². The first-order chi connectivity index (χ1) is 9.00. The van der Waals surface area contributed by atoms with Gasteiger partial charge in [0.2, 0.25) is 10.0 Å². The smallest absolute Gasteiger partial charge is 0.242 e. The summed E-state index contributed by atoms with van der Waals surface area (Å²) in [5.74, 6) is 0. The Labute approximate surface area is 110 Å². The van der Waals surface area contributed by atoms with Crippen LogP contribution in [0.25, 0.3) is 21.9 Å². The highest BCUT2D eigenvalue weighted by atomic mass is 32.2. The Morgan fingerprint density at radius 1 is 1.21 bits per heavy atom. The first kappa shape index (κ1) is 12.1. The van der Waals surface area contributed by atoms with E-state index in [4.69, 9.17) is 0 Å². The zero-order valence-electron chi connectivity index (χ0n) is 10.5. The van der Waals surface area contributed by atoms with Crippen molar-refractivity contribution in [2.75, 3.05) is 14.1 Å². The molecule has 2 aromatic heterocycles. The van der Waals surface area contributed by atoms with Crippen LogP contribution in [-0.2, 0) is 10.0 Å². The summed E-state index contributed by atoms with van der Waals surface area (Å²) in [7, 11) is -0.413. The van der Waals surface area contributed by atoms with Gasteiger partial charge in [0, 0.05) is 36.6 Å². The number of benzene rings is 1. The Balaban J connectivity index is 2.34. The van der Waals surface area contributed by atoms with Gasteiger partial charge in [-0.3, -0.25) is 0 Å². The van der Waals surface area contributed by atoms with E-state index in [-0.39, 0.29) is 4.90 Å². The Hall–Kier alpha value is -1.99. The number of aromatic nitrogens is 3. The fourth-order valence-corrected chi connectivity index (χ4v) is 2.91. The summed E-state index contributed by atoms with van der Waals surface area (Å²) < 4.78 is 25.4. The van der Waals surface area contributed by atoms with Gasteiger partial charge in [0.1, 0.15) is 12.0 Å². The lowest BCUT2D eigenvalue weighted by molar-refractivity contribution is 0.521. The summed E-state index contributed by atoms with van der Waals surface area (Å²) in [6, 6.07) is 4.97. The molecule has 0 saturated carbocycles. The number of nitrogens with one attached hydrogen (secondary N) is 1. The highest BCUT2D eigenvalue weighted by Crippen LogP contribution is 2.26. The van der Waals surface area contributed by atoms with Crippen LogP contribution in [0, 0.1) is 0 Å². The van der Waals surface area contributed by atoms with E-state index in [2.05, 4.69) is 15.0 Å². The van der Waals surface area contributed by atoms with Gasteiger partial charge in [-0.25, -0.2) is 22.7 Å². The minimum absolute atomic E-state index is 0.259. The third kappa shape index (κ3) is 1.78. The van der Waals surface area contributed by atoms with Crippen LogP contribution in [0.5, 0.6) is 0 Å². The van der Waals surface area contributed by atoms with E-state index in [0.29, 0.717) is 5.65 Å². The summed E-state index contributed by atoms with van der Waals surface area (Å²) in [6.07, 6.45) is 3.13. The molecular formula is C12H12N4O2S. The molecule has 0 aliphatic rings. The Bertz CT molecular complexity index is 868. The normalized spacial score (nSPS) is 12.6. The van der Waals surface area contributed by atoms with E-state index in [1.54, 1.807) is 24.4 Å². The second-order valence-electron chi connectivity index (χ2n) is 4.40. The van der Waals surface area contributed by atoms with Crippen molar-refractivity contribution in [2.24, 2.45) is 0 Å². The molecule has 3 rings (SSSR count). The number of hydrogen-bond acceptors (Lipinski definition) is 4. The Kier molecular flexibility index (Phi) is 2.54. The zero-order valence-corrected chi connectivity index (χ0v) is 11.3. The number of hydrogen-bond donors (Lipinski definition) is 1. The van der Waals surface area contributed by atoms with Crippen LogP contribution in [0.15, 0.2) is 35.6 Å². The number of aromatic amines is 1. The summed E-state index contributed by atoms with van der Waals surface area (Å²) in [5.41, 5.74) is 1.54. The first-order valence-electron chi connectivity index (χ1n) is 5.64. The molecule has 2 heterocycles. The predicted molar refractivity (Wildman–Crippen MR) is 72.3 cm³/mol. The number of nitrogens with zero attached hydrogens (tertiary/aromatic N) is 3. The largest absolute Gasteiger partial charge is 0.339 e. The third-order valence-corrected chi connectivity index (χ3v) is 4.84. The molecule has 0 radical (unpaired) electrons. The minimum atomic E-state index is -3.44. The fourth-order valence-electron chi connectivity index (χ4n) is 1.98. The minimum Gasteiger partial charge on any atom is -0.339 e. The molecule has 1 N–H and O–H groups in total. The number of sulfonamides is 1. The lowest BCUT2D eigenvalue weighted by atomic mass is 10.2. The van der Waals surface area contributed by atoms with Gasteiger partial charge in [-0.1, -0.05) is 0 Å². The lowest BCUT2D eigenvalue weighted by Gasteiger charge is -2.11. The van der Waals surface area contributed by atoms with Crippen molar-refractivity contribution in [2.45, 2.75) is 4.90 Å². The summed E-state index contributed by atoms with van der Waals surface area (Å²) in [6.45, 7) is 0. The van der Waals surface area contributed by atoms with Crippen LogP contribution in [0.2, 0.25) is 0 Å². The highest BCUT2D eigenvalue weighted by Gasteiger charge is 2.18. The maximum Gasteiger partial charge on any atom is 0.242 e. The Morgan fingerprint density at radius 2 is 2.00 bits per heavy atom. The van der Waals surface area contributed by atoms with E-state index in [0.717, 1.165) is 16.3 Å². The van der Waals surface area contributed by atoms with Crippen molar-refractivity contribution in [1.82, 2.24) is 19.3 Å². The van der Waals surface area contributed by atoms with E-state index in [9.17, 15) is 8.42 Å². The monoisotopic (exact) mass is 276 g/mol. The molecule has 3 aromatic rings. The predicted octanol–water partition coefficient (Wildman–Crippen LogP) is 1.36. The molecule has 0 unspecified atom stereocenters. The molecular weight excluding hydrogens is 264 g/mol. The molecule has 0 atom stereocenters. The number of fused-ring (bicyclic) bond motifs is 3. The molecule has 0 saturated heterocycles. The standard InChI is InChI=1S/C12H12N4O2S/c1-16(2)19(17,18)8-3-4-11-9(5-8)10-6-13-7-14-12(10)15-11/h3-7H,1-2H3,(H,13,14,15). The van der Waals surface area contributed by atoms with Crippen molar-refractivity contribution < 1.29 is 8.42 Å². The summed E-state index contributed by atoms with van der Waals surface area (Å²) >= 11 is 0. The summed E-state index contributed by atoms with van der Waals surface area (Å²) in [4.78, 5) is 11.5. The van der Waals surface area contributed by atoms with Crippen molar-refractivity contribution >= 4 is 32.0 Å². The van der Waals surface area contributed by atoms with Gasteiger partial charge in [-0.15, -0.1) is 0 Å².